The fraction of sp³-hybridized carbons (Fsp3) is 0.409. The van der Waals surface area contributed by atoms with E-state index >= 15 is 0 Å². The molecule has 1 amide bonds. The summed E-state index contributed by atoms with van der Waals surface area (Å²) in [5.74, 6) is 0.894. The Kier molecular flexibility index (Phi) is 7.14. The molecule has 3 aromatic rings. The van der Waals surface area contributed by atoms with E-state index in [2.05, 4.69) is 28.2 Å². The molecule has 32 heavy (non-hydrogen) atoms. The van der Waals surface area contributed by atoms with Gasteiger partial charge in [0.15, 0.2) is 9.84 Å². The summed E-state index contributed by atoms with van der Waals surface area (Å²) in [5, 5.41) is 1.70. The predicted molar refractivity (Wildman–Crippen MR) is 129 cm³/mol. The number of thiophene rings is 1. The molecule has 0 spiro atoms. The Bertz CT molecular complexity index is 1210. The van der Waals surface area contributed by atoms with Crippen LogP contribution in [0.1, 0.15) is 12.2 Å². The van der Waals surface area contributed by atoms with Crippen LogP contribution in [0.4, 0.5) is 0 Å². The van der Waals surface area contributed by atoms with Crippen molar-refractivity contribution in [3.63, 3.8) is 0 Å². The van der Waals surface area contributed by atoms with E-state index in [0.29, 0.717) is 25.4 Å². The number of sulfone groups is 1. The van der Waals surface area contributed by atoms with Gasteiger partial charge in [-0.25, -0.2) is 18.4 Å². The molecular formula is C22H25N3O4S3. The molecule has 1 atom stereocenters. The van der Waals surface area contributed by atoms with Crippen molar-refractivity contribution in [1.29, 1.82) is 0 Å². The summed E-state index contributed by atoms with van der Waals surface area (Å²) in [5.41, 5.74) is 1.12. The van der Waals surface area contributed by atoms with E-state index < -0.39 is 9.84 Å². The van der Waals surface area contributed by atoms with Crippen LogP contribution in [0.15, 0.2) is 41.4 Å². The second kappa shape index (κ2) is 9.86. The number of hydrogen-bond donors (Lipinski definition) is 0. The van der Waals surface area contributed by atoms with Gasteiger partial charge in [0.25, 0.3) is 0 Å². The van der Waals surface area contributed by atoms with E-state index in [1.807, 2.05) is 25.1 Å². The minimum Gasteiger partial charge on any atom is -0.383 e. The monoisotopic (exact) mass is 491 g/mol. The van der Waals surface area contributed by atoms with Crippen molar-refractivity contribution in [3.05, 3.63) is 42.2 Å². The van der Waals surface area contributed by atoms with Gasteiger partial charge in [0.2, 0.25) is 5.91 Å². The van der Waals surface area contributed by atoms with Crippen molar-refractivity contribution < 1.29 is 17.9 Å². The molecule has 10 heteroatoms. The molecule has 3 heterocycles. The SMILES string of the molecule is COCCN(C(=O)CSc1nc(C)nc2sc(-c3ccccc3)cc12)[C@@H]1CCS(=O)(=O)C1. The number of thioether (sulfide) groups is 1. The Balaban J connectivity index is 1.54. The third-order valence-electron chi connectivity index (χ3n) is 5.37. The first kappa shape index (κ1) is 23.2. The van der Waals surface area contributed by atoms with E-state index in [-0.39, 0.29) is 29.2 Å². The molecule has 7 nitrogen and oxygen atoms in total. The number of methoxy groups -OCH3 is 1. The van der Waals surface area contributed by atoms with E-state index in [4.69, 9.17) is 4.74 Å². The number of aromatic nitrogens is 2. The van der Waals surface area contributed by atoms with E-state index in [0.717, 1.165) is 25.7 Å². The molecule has 2 aromatic heterocycles. The number of nitrogens with zero attached hydrogens (tertiary/aromatic N) is 3. The smallest absolute Gasteiger partial charge is 0.233 e. The van der Waals surface area contributed by atoms with Crippen LogP contribution in [0, 0.1) is 6.92 Å². The Hall–Kier alpha value is -2.01. The van der Waals surface area contributed by atoms with Gasteiger partial charge in [-0.05, 0) is 25.0 Å². The topological polar surface area (TPSA) is 89.5 Å². The van der Waals surface area contributed by atoms with Crippen LogP contribution < -0.4 is 0 Å². The summed E-state index contributed by atoms with van der Waals surface area (Å²) in [6.45, 7) is 2.60. The van der Waals surface area contributed by atoms with Crippen LogP contribution in [0.3, 0.4) is 0 Å². The molecule has 4 rings (SSSR count). The number of fused-ring (bicyclic) bond motifs is 1. The normalized spacial score (nSPS) is 17.6. The number of carbonyl (C=O) groups excluding carboxylic acids is 1. The summed E-state index contributed by atoms with van der Waals surface area (Å²) in [4.78, 5) is 25.9. The van der Waals surface area contributed by atoms with Gasteiger partial charge < -0.3 is 9.64 Å². The van der Waals surface area contributed by atoms with Gasteiger partial charge in [0, 0.05) is 30.0 Å². The van der Waals surface area contributed by atoms with Crippen molar-refractivity contribution in [2.75, 3.05) is 37.5 Å². The van der Waals surface area contributed by atoms with Gasteiger partial charge in [-0.15, -0.1) is 11.3 Å². The second-order valence-electron chi connectivity index (χ2n) is 7.70. The maximum atomic E-state index is 13.1. The lowest BCUT2D eigenvalue weighted by atomic mass is 10.2. The third-order valence-corrected chi connectivity index (χ3v) is 9.17. The molecule has 0 unspecified atom stereocenters. The number of amides is 1. The molecule has 0 saturated carbocycles. The van der Waals surface area contributed by atoms with E-state index in [9.17, 15) is 13.2 Å². The second-order valence-corrected chi connectivity index (χ2v) is 11.9. The molecule has 1 aliphatic heterocycles. The number of carbonyl (C=O) groups is 1. The standard InChI is InChI=1S/C22H25N3O4S3/c1-15-23-21(18-12-19(31-22(18)24-15)16-6-4-3-5-7-16)30-13-20(26)25(9-10-29-2)17-8-11-32(27,28)14-17/h3-7,12,17H,8-11,13-14H2,1-2H3/t17-/m1/s1. The molecular weight excluding hydrogens is 466 g/mol. The zero-order valence-corrected chi connectivity index (χ0v) is 20.4. The van der Waals surface area contributed by atoms with Gasteiger partial charge in [-0.1, -0.05) is 42.1 Å². The first-order valence-electron chi connectivity index (χ1n) is 10.3. The minimum absolute atomic E-state index is 0.0228. The molecule has 0 N–H and O–H groups in total. The van der Waals surface area contributed by atoms with Gasteiger partial charge in [-0.3, -0.25) is 4.79 Å². The summed E-state index contributed by atoms with van der Waals surface area (Å²) < 4.78 is 29.0. The average molecular weight is 492 g/mol. The lowest BCUT2D eigenvalue weighted by Crippen LogP contribution is -2.44. The molecule has 170 valence electrons. The Morgan fingerprint density at radius 1 is 1.28 bits per heavy atom. The van der Waals surface area contributed by atoms with Crippen molar-refractivity contribution >= 4 is 49.1 Å². The van der Waals surface area contributed by atoms with Crippen LogP contribution >= 0.6 is 23.1 Å². The third kappa shape index (κ3) is 5.31. The quantitative estimate of drug-likeness (QED) is 0.352. The Morgan fingerprint density at radius 2 is 2.06 bits per heavy atom. The Morgan fingerprint density at radius 3 is 2.75 bits per heavy atom. The highest BCUT2D eigenvalue weighted by Crippen LogP contribution is 2.36. The van der Waals surface area contributed by atoms with Crippen LogP contribution in [0.5, 0.6) is 0 Å². The maximum absolute atomic E-state index is 13.1. The van der Waals surface area contributed by atoms with Gasteiger partial charge in [0.05, 0.1) is 23.9 Å². The first-order chi connectivity index (χ1) is 15.4. The number of rotatable bonds is 8. The zero-order valence-electron chi connectivity index (χ0n) is 18.0. The van der Waals surface area contributed by atoms with Crippen LogP contribution in [-0.4, -0.2) is 72.8 Å². The van der Waals surface area contributed by atoms with Crippen molar-refractivity contribution in [2.45, 2.75) is 24.4 Å². The lowest BCUT2D eigenvalue weighted by molar-refractivity contribution is -0.130. The molecule has 0 bridgehead atoms. The van der Waals surface area contributed by atoms with Gasteiger partial charge >= 0.3 is 0 Å². The molecule has 0 radical (unpaired) electrons. The fourth-order valence-corrected chi connectivity index (χ4v) is 7.60. The highest BCUT2D eigenvalue weighted by atomic mass is 32.2. The van der Waals surface area contributed by atoms with Crippen LogP contribution in [-0.2, 0) is 19.4 Å². The molecule has 1 aromatic carbocycles. The van der Waals surface area contributed by atoms with Crippen molar-refractivity contribution in [3.8, 4) is 10.4 Å². The highest BCUT2D eigenvalue weighted by molar-refractivity contribution is 8.00. The summed E-state index contributed by atoms with van der Waals surface area (Å²) in [6.07, 6.45) is 0.476. The molecule has 0 aliphatic carbocycles. The average Bonchev–Trinajstić information content (AvgIpc) is 3.36. The van der Waals surface area contributed by atoms with Crippen molar-refractivity contribution in [2.24, 2.45) is 0 Å². The van der Waals surface area contributed by atoms with E-state index in [1.165, 1.54) is 11.8 Å². The molecule has 1 fully saturated rings. The first-order valence-corrected chi connectivity index (χ1v) is 13.9. The largest absolute Gasteiger partial charge is 0.383 e. The van der Waals surface area contributed by atoms with Crippen molar-refractivity contribution in [1.82, 2.24) is 14.9 Å². The molecule has 1 aliphatic rings. The summed E-state index contributed by atoms with van der Waals surface area (Å²) in [7, 11) is -1.51. The van der Waals surface area contributed by atoms with Gasteiger partial charge in [-0.2, -0.15) is 0 Å². The number of benzene rings is 1. The maximum Gasteiger partial charge on any atom is 0.233 e. The zero-order chi connectivity index (χ0) is 22.7. The highest BCUT2D eigenvalue weighted by Gasteiger charge is 2.34. The Labute approximate surface area is 196 Å². The molecule has 1 saturated heterocycles. The van der Waals surface area contributed by atoms with E-state index in [1.54, 1.807) is 23.3 Å². The number of hydrogen-bond acceptors (Lipinski definition) is 8. The van der Waals surface area contributed by atoms with Gasteiger partial charge in [0.1, 0.15) is 15.7 Å². The number of ether oxygens (including phenoxy) is 1. The predicted octanol–water partition coefficient (Wildman–Crippen LogP) is 3.42. The summed E-state index contributed by atoms with van der Waals surface area (Å²) >= 11 is 2.98. The minimum atomic E-state index is -3.08. The van der Waals surface area contributed by atoms with Crippen LogP contribution in [0.2, 0.25) is 0 Å². The lowest BCUT2D eigenvalue weighted by Gasteiger charge is -2.28. The fourth-order valence-electron chi connectivity index (χ4n) is 3.79. The van der Waals surface area contributed by atoms with Crippen LogP contribution in [0.25, 0.3) is 20.7 Å². The summed E-state index contributed by atoms with van der Waals surface area (Å²) in [6, 6.07) is 11.9. The number of aryl methyl sites for hydroxylation is 1.